The summed E-state index contributed by atoms with van der Waals surface area (Å²) in [4.78, 5) is 8.56. The van der Waals surface area contributed by atoms with Crippen LogP contribution in [0.15, 0.2) is 23.3 Å². The summed E-state index contributed by atoms with van der Waals surface area (Å²) in [7, 11) is 0. The van der Waals surface area contributed by atoms with Crippen molar-refractivity contribution in [3.8, 4) is 5.88 Å². The van der Waals surface area contributed by atoms with E-state index in [-0.39, 0.29) is 0 Å². The molecule has 0 bridgehead atoms. The summed E-state index contributed by atoms with van der Waals surface area (Å²) in [5.41, 5.74) is 6.87. The van der Waals surface area contributed by atoms with Crippen LogP contribution in [0.1, 0.15) is 38.2 Å². The number of aromatic nitrogens is 1. The molecule has 0 amide bonds. The summed E-state index contributed by atoms with van der Waals surface area (Å²) in [5, 5.41) is 3.18. The van der Waals surface area contributed by atoms with Crippen LogP contribution >= 0.6 is 0 Å². The number of hydrogen-bond donors (Lipinski definition) is 2. The van der Waals surface area contributed by atoms with Gasteiger partial charge in [0, 0.05) is 18.8 Å². The average molecular weight is 276 g/mol. The molecule has 1 aromatic rings. The minimum atomic E-state index is 0.517. The summed E-state index contributed by atoms with van der Waals surface area (Å²) in [6.07, 6.45) is 6.74. The van der Waals surface area contributed by atoms with Gasteiger partial charge in [0.1, 0.15) is 0 Å². The van der Waals surface area contributed by atoms with Gasteiger partial charge < -0.3 is 15.8 Å². The fraction of sp³-hybridized carbons (Fsp3) is 0.600. The summed E-state index contributed by atoms with van der Waals surface area (Å²) >= 11 is 0. The van der Waals surface area contributed by atoms with Gasteiger partial charge in [0.2, 0.25) is 5.88 Å². The Balaban J connectivity index is 1.73. The van der Waals surface area contributed by atoms with Gasteiger partial charge in [0.25, 0.3) is 0 Å². The van der Waals surface area contributed by atoms with Gasteiger partial charge in [0.15, 0.2) is 5.96 Å². The first kappa shape index (κ1) is 14.6. The lowest BCUT2D eigenvalue weighted by Gasteiger charge is -2.25. The van der Waals surface area contributed by atoms with E-state index in [9.17, 15) is 0 Å². The first-order valence-electron chi connectivity index (χ1n) is 7.39. The number of rotatable bonds is 7. The summed E-state index contributed by atoms with van der Waals surface area (Å²) in [6, 6.07) is 3.85. The van der Waals surface area contributed by atoms with E-state index in [1.807, 2.05) is 12.1 Å². The summed E-state index contributed by atoms with van der Waals surface area (Å²) < 4.78 is 5.44. The van der Waals surface area contributed by atoms with Crippen LogP contribution in [0.2, 0.25) is 0 Å². The van der Waals surface area contributed by atoms with Crippen LogP contribution in [-0.4, -0.2) is 24.1 Å². The Hall–Kier alpha value is -1.78. The van der Waals surface area contributed by atoms with Gasteiger partial charge in [-0.2, -0.15) is 0 Å². The molecule has 5 heteroatoms. The number of pyridine rings is 1. The lowest BCUT2D eigenvalue weighted by molar-refractivity contribution is 0.305. The zero-order valence-electron chi connectivity index (χ0n) is 12.1. The number of aliphatic imine (C=N–C) groups is 1. The molecule has 3 N–H and O–H groups in total. The number of guanidine groups is 1. The zero-order valence-corrected chi connectivity index (χ0v) is 12.1. The highest BCUT2D eigenvalue weighted by Crippen LogP contribution is 2.24. The molecule has 2 rings (SSSR count). The molecule has 5 nitrogen and oxygen atoms in total. The Bertz CT molecular complexity index is 426. The molecule has 0 spiro atoms. The maximum Gasteiger partial charge on any atom is 0.213 e. The van der Waals surface area contributed by atoms with E-state index in [2.05, 4.69) is 22.2 Å². The molecule has 1 aromatic heterocycles. The fourth-order valence-electron chi connectivity index (χ4n) is 1.97. The van der Waals surface area contributed by atoms with Crippen molar-refractivity contribution in [3.63, 3.8) is 0 Å². The zero-order chi connectivity index (χ0) is 14.2. The SMILES string of the molecule is CCCOc1ccc(CN=C(N)NCC2CCC2)cn1. The highest BCUT2D eigenvalue weighted by molar-refractivity contribution is 5.77. The molecular weight excluding hydrogens is 252 g/mol. The summed E-state index contributed by atoms with van der Waals surface area (Å²) in [5.74, 6) is 1.96. The normalized spacial score (nSPS) is 15.8. The maximum absolute atomic E-state index is 5.84. The molecule has 0 unspecified atom stereocenters. The second-order valence-corrected chi connectivity index (χ2v) is 5.23. The van der Waals surface area contributed by atoms with Gasteiger partial charge in [-0.25, -0.2) is 9.98 Å². The third-order valence-corrected chi connectivity index (χ3v) is 3.48. The lowest BCUT2D eigenvalue weighted by atomic mass is 9.85. The highest BCUT2D eigenvalue weighted by Gasteiger charge is 2.16. The Kier molecular flexibility index (Phi) is 5.65. The first-order chi connectivity index (χ1) is 9.78. The van der Waals surface area contributed by atoms with Gasteiger partial charge in [-0.15, -0.1) is 0 Å². The van der Waals surface area contributed by atoms with E-state index in [1.165, 1.54) is 19.3 Å². The minimum Gasteiger partial charge on any atom is -0.478 e. The summed E-state index contributed by atoms with van der Waals surface area (Å²) in [6.45, 7) is 4.26. The van der Waals surface area contributed by atoms with Gasteiger partial charge in [-0.1, -0.05) is 19.4 Å². The van der Waals surface area contributed by atoms with Crippen molar-refractivity contribution in [2.45, 2.75) is 39.2 Å². The number of ether oxygens (including phenoxy) is 1. The van der Waals surface area contributed by atoms with Crippen molar-refractivity contribution >= 4 is 5.96 Å². The molecule has 0 saturated heterocycles. The van der Waals surface area contributed by atoms with Crippen LogP contribution in [0, 0.1) is 5.92 Å². The largest absolute Gasteiger partial charge is 0.478 e. The first-order valence-corrected chi connectivity index (χ1v) is 7.39. The highest BCUT2D eigenvalue weighted by atomic mass is 16.5. The number of hydrogen-bond acceptors (Lipinski definition) is 3. The van der Waals surface area contributed by atoms with Crippen molar-refractivity contribution in [1.82, 2.24) is 10.3 Å². The Morgan fingerprint density at radius 2 is 2.35 bits per heavy atom. The van der Waals surface area contributed by atoms with E-state index in [1.54, 1.807) is 6.20 Å². The third kappa shape index (κ3) is 4.72. The number of nitrogens with two attached hydrogens (primary N) is 1. The van der Waals surface area contributed by atoms with E-state index in [0.29, 0.717) is 25.0 Å². The molecular formula is C15H24N4O. The average Bonchev–Trinajstić information content (AvgIpc) is 2.42. The van der Waals surface area contributed by atoms with Crippen LogP contribution in [0.4, 0.5) is 0 Å². The van der Waals surface area contributed by atoms with Gasteiger partial charge in [0.05, 0.1) is 13.2 Å². The molecule has 0 atom stereocenters. The van der Waals surface area contributed by atoms with Crippen LogP contribution in [0.5, 0.6) is 5.88 Å². The van der Waals surface area contributed by atoms with E-state index in [4.69, 9.17) is 10.5 Å². The smallest absolute Gasteiger partial charge is 0.213 e. The third-order valence-electron chi connectivity index (χ3n) is 3.48. The van der Waals surface area contributed by atoms with Crippen LogP contribution < -0.4 is 15.8 Å². The molecule has 1 heterocycles. The van der Waals surface area contributed by atoms with Crippen molar-refractivity contribution in [3.05, 3.63) is 23.9 Å². The predicted octanol–water partition coefficient (Wildman–Crippen LogP) is 2.07. The van der Waals surface area contributed by atoms with E-state index < -0.39 is 0 Å². The predicted molar refractivity (Wildman–Crippen MR) is 80.7 cm³/mol. The second kappa shape index (κ2) is 7.72. The second-order valence-electron chi connectivity index (χ2n) is 5.23. The van der Waals surface area contributed by atoms with Crippen molar-refractivity contribution < 1.29 is 4.74 Å². The molecule has 20 heavy (non-hydrogen) atoms. The van der Waals surface area contributed by atoms with Crippen molar-refractivity contribution in [2.75, 3.05) is 13.2 Å². The molecule has 1 aliphatic carbocycles. The van der Waals surface area contributed by atoms with Gasteiger partial charge in [-0.05, 0) is 30.7 Å². The molecule has 0 aliphatic heterocycles. The van der Waals surface area contributed by atoms with Crippen molar-refractivity contribution in [2.24, 2.45) is 16.6 Å². The van der Waals surface area contributed by atoms with Gasteiger partial charge in [-0.3, -0.25) is 0 Å². The van der Waals surface area contributed by atoms with E-state index >= 15 is 0 Å². The molecule has 0 radical (unpaired) electrons. The van der Waals surface area contributed by atoms with Crippen LogP contribution in [0.25, 0.3) is 0 Å². The molecule has 0 aromatic carbocycles. The topological polar surface area (TPSA) is 72.5 Å². The van der Waals surface area contributed by atoms with Crippen molar-refractivity contribution in [1.29, 1.82) is 0 Å². The molecule has 1 fully saturated rings. The lowest BCUT2D eigenvalue weighted by Crippen LogP contribution is -2.37. The minimum absolute atomic E-state index is 0.517. The molecule has 110 valence electrons. The number of nitrogens with one attached hydrogen (secondary N) is 1. The van der Waals surface area contributed by atoms with Crippen LogP contribution in [0.3, 0.4) is 0 Å². The Morgan fingerprint density at radius 1 is 1.50 bits per heavy atom. The Labute approximate surface area is 120 Å². The van der Waals surface area contributed by atoms with Crippen LogP contribution in [-0.2, 0) is 6.54 Å². The number of nitrogens with zero attached hydrogens (tertiary/aromatic N) is 2. The quantitative estimate of drug-likeness (QED) is 0.591. The standard InChI is InChI=1S/C15H24N4O/c1-2-8-20-14-7-6-13(10-17-14)11-19-15(16)18-9-12-4-3-5-12/h6-7,10,12H,2-5,8-9,11H2,1H3,(H3,16,18,19). The molecule has 1 aliphatic rings. The van der Waals surface area contributed by atoms with E-state index in [0.717, 1.165) is 24.4 Å². The Morgan fingerprint density at radius 3 is 2.95 bits per heavy atom. The maximum atomic E-state index is 5.84. The molecule has 1 saturated carbocycles. The van der Waals surface area contributed by atoms with Gasteiger partial charge >= 0.3 is 0 Å². The fourth-order valence-corrected chi connectivity index (χ4v) is 1.97. The monoisotopic (exact) mass is 276 g/mol.